The Bertz CT molecular complexity index is 3610. The van der Waals surface area contributed by atoms with E-state index in [1.807, 2.05) is 0 Å². The minimum atomic E-state index is 0.208. The average molecular weight is 855 g/mol. The second kappa shape index (κ2) is 15.9. The average Bonchev–Trinajstić information content (AvgIpc) is 3.66. The molecule has 0 bridgehead atoms. The molecule has 1 aliphatic carbocycles. The maximum Gasteiger partial charge on any atom is 0.0658 e. The second-order valence-electron chi connectivity index (χ2n) is 18.2. The molecule has 2 heteroatoms. The summed E-state index contributed by atoms with van der Waals surface area (Å²) in [6.45, 7) is 2.37. The van der Waals surface area contributed by atoms with E-state index in [2.05, 4.69) is 260 Å². The van der Waals surface area contributed by atoms with Crippen LogP contribution in [0.25, 0.3) is 88.7 Å². The largest absolute Gasteiger partial charge is 0.354 e. The predicted molar refractivity (Wildman–Crippen MR) is 284 cm³/mol. The standard InChI is InChI=1S/C65H46N2/c1-42-36-53(40-61-58-24-9-10-27-63(58)67(65(42)61)54-34-32-45(33-35-54)48-19-11-18-47(37-48)43-14-3-2-4-15-43)46-30-28-44(29-31-46)49-20-12-21-52(38-49)55-25-13-26-59-56-22-7-8-23-57(56)60-39-50-16-5-6-17-51(50)41-62(60)66-64(55)59/h2-42,65-66H,1H3. The SMILES string of the molecule is CC1C=C(c2ccc(-c3cccc(-c4cccc5c4Nc4cc6ccccc6cc4-c4ccccc4-5)c3)cc2)C=C2c3ccccc3N(c3ccc(-c4cccc(-c5ccccc5)c4)cc3)C21. The Hall–Kier alpha value is -8.46. The fourth-order valence-corrected chi connectivity index (χ4v) is 11.0. The van der Waals surface area contributed by atoms with Gasteiger partial charge in [0.05, 0.1) is 11.7 Å². The molecule has 1 N–H and O–H groups in total. The smallest absolute Gasteiger partial charge is 0.0658 e. The summed E-state index contributed by atoms with van der Waals surface area (Å²) in [5, 5.41) is 6.42. The highest BCUT2D eigenvalue weighted by Gasteiger charge is 2.39. The molecule has 0 saturated carbocycles. The molecule has 0 fully saturated rings. The quantitative estimate of drug-likeness (QED) is 0.179. The van der Waals surface area contributed by atoms with Gasteiger partial charge in [-0.15, -0.1) is 0 Å². The summed E-state index contributed by atoms with van der Waals surface area (Å²) >= 11 is 0. The Morgan fingerprint density at radius 3 is 1.61 bits per heavy atom. The summed E-state index contributed by atoms with van der Waals surface area (Å²) in [4.78, 5) is 2.56. The van der Waals surface area contributed by atoms with Crippen LogP contribution in [-0.4, -0.2) is 6.04 Å². The van der Waals surface area contributed by atoms with Crippen LogP contribution in [0.4, 0.5) is 22.7 Å². The third-order valence-corrected chi connectivity index (χ3v) is 14.2. The van der Waals surface area contributed by atoms with E-state index in [0.29, 0.717) is 0 Å². The molecule has 0 aromatic heterocycles. The van der Waals surface area contributed by atoms with Crippen molar-refractivity contribution in [2.75, 3.05) is 10.2 Å². The lowest BCUT2D eigenvalue weighted by molar-refractivity contribution is 0.639. The summed E-state index contributed by atoms with van der Waals surface area (Å²) in [5.41, 5.74) is 24.5. The van der Waals surface area contributed by atoms with Crippen LogP contribution in [0.2, 0.25) is 0 Å². The molecule has 0 spiro atoms. The zero-order valence-corrected chi connectivity index (χ0v) is 37.2. The van der Waals surface area contributed by atoms with Crippen LogP contribution >= 0.6 is 0 Å². The van der Waals surface area contributed by atoms with E-state index < -0.39 is 0 Å². The van der Waals surface area contributed by atoms with Crippen molar-refractivity contribution in [2.45, 2.75) is 13.0 Å². The molecular formula is C65H46N2. The van der Waals surface area contributed by atoms with Crippen molar-refractivity contribution >= 4 is 44.7 Å². The Morgan fingerprint density at radius 2 is 0.881 bits per heavy atom. The topological polar surface area (TPSA) is 15.3 Å². The van der Waals surface area contributed by atoms with Crippen LogP contribution in [0.15, 0.2) is 243 Å². The van der Waals surface area contributed by atoms with Gasteiger partial charge in [-0.3, -0.25) is 0 Å². The molecule has 10 aromatic rings. The molecule has 2 unspecified atom stereocenters. The van der Waals surface area contributed by atoms with Crippen molar-refractivity contribution in [3.05, 3.63) is 254 Å². The molecule has 67 heavy (non-hydrogen) atoms. The van der Waals surface area contributed by atoms with E-state index >= 15 is 0 Å². The van der Waals surface area contributed by atoms with Crippen molar-refractivity contribution in [3.8, 4) is 66.8 Å². The molecule has 0 amide bonds. The number of nitrogens with one attached hydrogen (secondary N) is 1. The van der Waals surface area contributed by atoms with Gasteiger partial charge in [0, 0.05) is 39.3 Å². The highest BCUT2D eigenvalue weighted by atomic mass is 15.2. The van der Waals surface area contributed by atoms with Crippen LogP contribution in [0.1, 0.15) is 18.1 Å². The summed E-state index contributed by atoms with van der Waals surface area (Å²) in [5.74, 6) is 0.285. The first kappa shape index (κ1) is 39.0. The molecule has 2 nitrogen and oxygen atoms in total. The maximum atomic E-state index is 3.95. The zero-order valence-electron chi connectivity index (χ0n) is 37.2. The molecule has 2 heterocycles. The number of hydrogen-bond acceptors (Lipinski definition) is 2. The van der Waals surface area contributed by atoms with Gasteiger partial charge in [-0.05, 0) is 132 Å². The Kier molecular flexibility index (Phi) is 9.25. The highest BCUT2D eigenvalue weighted by Crippen LogP contribution is 2.52. The van der Waals surface area contributed by atoms with Crippen molar-refractivity contribution < 1.29 is 0 Å². The Labute approximate surface area is 392 Å². The van der Waals surface area contributed by atoms with Gasteiger partial charge < -0.3 is 10.2 Å². The molecule has 2 atom stereocenters. The minimum absolute atomic E-state index is 0.208. The summed E-state index contributed by atoms with van der Waals surface area (Å²) in [7, 11) is 0. The van der Waals surface area contributed by atoms with Crippen LogP contribution in [0, 0.1) is 5.92 Å². The van der Waals surface area contributed by atoms with E-state index in [0.717, 1.165) is 11.4 Å². The third-order valence-electron chi connectivity index (χ3n) is 14.2. The number of fused-ring (bicyclic) bond motifs is 9. The fraction of sp³-hybridized carbons (Fsp3) is 0.0462. The molecule has 2 aliphatic heterocycles. The van der Waals surface area contributed by atoms with Gasteiger partial charge in [0.25, 0.3) is 0 Å². The number of para-hydroxylation sites is 2. The van der Waals surface area contributed by atoms with Gasteiger partial charge in [-0.1, -0.05) is 201 Å². The number of hydrogen-bond donors (Lipinski definition) is 1. The fourth-order valence-electron chi connectivity index (χ4n) is 11.0. The molecule has 0 radical (unpaired) electrons. The summed E-state index contributed by atoms with van der Waals surface area (Å²) < 4.78 is 0. The van der Waals surface area contributed by atoms with Crippen LogP contribution < -0.4 is 10.2 Å². The first-order chi connectivity index (χ1) is 33.1. The monoisotopic (exact) mass is 854 g/mol. The normalized spacial score (nSPS) is 15.5. The van der Waals surface area contributed by atoms with Crippen molar-refractivity contribution in [3.63, 3.8) is 0 Å². The molecule has 10 aromatic carbocycles. The lowest BCUT2D eigenvalue weighted by Crippen LogP contribution is -2.33. The number of rotatable bonds is 6. The first-order valence-electron chi connectivity index (χ1n) is 23.4. The number of allylic oxidation sites excluding steroid dienone is 2. The van der Waals surface area contributed by atoms with Gasteiger partial charge in [0.1, 0.15) is 0 Å². The van der Waals surface area contributed by atoms with Crippen molar-refractivity contribution in [1.29, 1.82) is 0 Å². The van der Waals surface area contributed by atoms with E-state index in [-0.39, 0.29) is 12.0 Å². The van der Waals surface area contributed by atoms with Crippen LogP contribution in [0.3, 0.4) is 0 Å². The van der Waals surface area contributed by atoms with Gasteiger partial charge in [0.15, 0.2) is 0 Å². The van der Waals surface area contributed by atoms with Gasteiger partial charge in [-0.25, -0.2) is 0 Å². The molecule has 3 aliphatic rings. The van der Waals surface area contributed by atoms with E-state index in [1.54, 1.807) is 0 Å². The summed E-state index contributed by atoms with van der Waals surface area (Å²) in [6.07, 6.45) is 4.91. The van der Waals surface area contributed by atoms with Crippen molar-refractivity contribution in [1.82, 2.24) is 0 Å². The van der Waals surface area contributed by atoms with Gasteiger partial charge in [-0.2, -0.15) is 0 Å². The number of nitrogens with zero attached hydrogens (tertiary/aromatic N) is 1. The zero-order chi connectivity index (χ0) is 44.4. The molecule has 0 saturated heterocycles. The molecule has 316 valence electrons. The van der Waals surface area contributed by atoms with Crippen molar-refractivity contribution in [2.24, 2.45) is 5.92 Å². The highest BCUT2D eigenvalue weighted by molar-refractivity contribution is 6.06. The molecular weight excluding hydrogens is 809 g/mol. The molecule has 13 rings (SSSR count). The lowest BCUT2D eigenvalue weighted by Gasteiger charge is -2.34. The van der Waals surface area contributed by atoms with E-state index in [4.69, 9.17) is 0 Å². The number of anilines is 4. The third kappa shape index (κ3) is 6.72. The van der Waals surface area contributed by atoms with Crippen LogP contribution in [-0.2, 0) is 0 Å². The Balaban J connectivity index is 0.793. The minimum Gasteiger partial charge on any atom is -0.354 e. The van der Waals surface area contributed by atoms with E-state index in [9.17, 15) is 0 Å². The van der Waals surface area contributed by atoms with E-state index in [1.165, 1.54) is 111 Å². The van der Waals surface area contributed by atoms with Gasteiger partial charge in [0.2, 0.25) is 0 Å². The maximum absolute atomic E-state index is 3.95. The van der Waals surface area contributed by atoms with Gasteiger partial charge >= 0.3 is 0 Å². The number of benzene rings is 10. The second-order valence-corrected chi connectivity index (χ2v) is 18.2. The first-order valence-corrected chi connectivity index (χ1v) is 23.4. The Morgan fingerprint density at radius 1 is 0.373 bits per heavy atom. The predicted octanol–water partition coefficient (Wildman–Crippen LogP) is 17.5. The lowest BCUT2D eigenvalue weighted by atomic mass is 9.83. The summed E-state index contributed by atoms with van der Waals surface area (Å²) in [6, 6.07) is 84.8. The van der Waals surface area contributed by atoms with Crippen LogP contribution in [0.5, 0.6) is 0 Å².